The van der Waals surface area contributed by atoms with Crippen molar-refractivity contribution in [3.8, 4) is 0 Å². The molecule has 2 aromatic rings. The monoisotopic (exact) mass is 216 g/mol. The summed E-state index contributed by atoms with van der Waals surface area (Å²) >= 11 is 0. The van der Waals surface area contributed by atoms with Gasteiger partial charge in [0.05, 0.1) is 5.69 Å². The number of aromatic nitrogens is 1. The van der Waals surface area contributed by atoms with Crippen LogP contribution in [0.1, 0.15) is 43.9 Å². The largest absolute Gasteiger partial charge is 0.356 e. The number of hydrogen-bond acceptors (Lipinski definition) is 3. The number of para-hydroxylation sites is 1. The fourth-order valence-electron chi connectivity index (χ4n) is 2.19. The van der Waals surface area contributed by atoms with Crippen LogP contribution >= 0.6 is 0 Å². The Kier molecular flexibility index (Phi) is 1.89. The normalized spacial score (nSPS) is 18.2. The predicted molar refractivity (Wildman–Crippen MR) is 63.2 cm³/mol. The molecule has 3 nitrogen and oxygen atoms in total. The van der Waals surface area contributed by atoms with Gasteiger partial charge in [-0.05, 0) is 24.8 Å². The SMILES string of the molecule is CC(C)c1noc2c(C3(N)CC3)cccc12. The zero-order chi connectivity index (χ0) is 11.3. The van der Waals surface area contributed by atoms with E-state index in [2.05, 4.69) is 31.1 Å². The molecule has 0 unspecified atom stereocenters. The second-order valence-electron chi connectivity index (χ2n) is 5.06. The van der Waals surface area contributed by atoms with Crippen LogP contribution in [0.4, 0.5) is 0 Å². The molecule has 1 aliphatic carbocycles. The first kappa shape index (κ1) is 9.85. The molecule has 1 aromatic heterocycles. The highest BCUT2D eigenvalue weighted by atomic mass is 16.5. The maximum Gasteiger partial charge on any atom is 0.172 e. The number of nitrogens with two attached hydrogens (primary N) is 1. The Labute approximate surface area is 94.6 Å². The van der Waals surface area contributed by atoms with Crippen molar-refractivity contribution in [1.82, 2.24) is 5.16 Å². The fourth-order valence-corrected chi connectivity index (χ4v) is 2.19. The van der Waals surface area contributed by atoms with E-state index in [0.29, 0.717) is 5.92 Å². The van der Waals surface area contributed by atoms with Gasteiger partial charge in [0.1, 0.15) is 0 Å². The fraction of sp³-hybridized carbons (Fsp3) is 0.462. The molecule has 84 valence electrons. The number of nitrogens with zero attached hydrogens (tertiary/aromatic N) is 1. The smallest absolute Gasteiger partial charge is 0.172 e. The first-order chi connectivity index (χ1) is 7.62. The molecule has 1 heterocycles. The third kappa shape index (κ3) is 1.28. The molecule has 3 heteroatoms. The Balaban J connectivity index is 2.25. The Bertz CT molecular complexity index is 538. The molecule has 1 saturated carbocycles. The highest BCUT2D eigenvalue weighted by molar-refractivity contribution is 5.84. The number of benzene rings is 1. The lowest BCUT2D eigenvalue weighted by atomic mass is 10.00. The summed E-state index contributed by atoms with van der Waals surface area (Å²) in [5.41, 5.74) is 9.10. The van der Waals surface area contributed by atoms with Gasteiger partial charge in [0.25, 0.3) is 0 Å². The van der Waals surface area contributed by atoms with Gasteiger partial charge in [-0.25, -0.2) is 0 Å². The molecule has 3 rings (SSSR count). The Morgan fingerprint density at radius 2 is 2.12 bits per heavy atom. The van der Waals surface area contributed by atoms with Crippen LogP contribution < -0.4 is 5.73 Å². The summed E-state index contributed by atoms with van der Waals surface area (Å²) in [7, 11) is 0. The minimum absolute atomic E-state index is 0.159. The molecule has 0 amide bonds. The van der Waals surface area contributed by atoms with Crippen LogP contribution in [0.2, 0.25) is 0 Å². The molecule has 0 spiro atoms. The maximum atomic E-state index is 6.23. The molecule has 1 aromatic carbocycles. The summed E-state index contributed by atoms with van der Waals surface area (Å²) in [4.78, 5) is 0. The standard InChI is InChI=1S/C13H16N2O/c1-8(2)11-9-4-3-5-10(12(9)16-15-11)13(14)6-7-13/h3-5,8H,6-7,14H2,1-2H3. The van der Waals surface area contributed by atoms with Crippen LogP contribution in [0, 0.1) is 0 Å². The molecule has 0 radical (unpaired) electrons. The Morgan fingerprint density at radius 3 is 2.75 bits per heavy atom. The topological polar surface area (TPSA) is 52.0 Å². The van der Waals surface area contributed by atoms with Crippen LogP contribution in [0.15, 0.2) is 22.7 Å². The van der Waals surface area contributed by atoms with E-state index in [1.807, 2.05) is 6.07 Å². The van der Waals surface area contributed by atoms with Gasteiger partial charge < -0.3 is 10.3 Å². The molecule has 0 atom stereocenters. The van der Waals surface area contributed by atoms with Crippen molar-refractivity contribution in [3.05, 3.63) is 29.5 Å². The second-order valence-corrected chi connectivity index (χ2v) is 5.06. The lowest BCUT2D eigenvalue weighted by Crippen LogP contribution is -2.18. The number of hydrogen-bond donors (Lipinski definition) is 1. The molecular formula is C13H16N2O. The van der Waals surface area contributed by atoms with Gasteiger partial charge in [0, 0.05) is 16.5 Å². The van der Waals surface area contributed by atoms with Gasteiger partial charge >= 0.3 is 0 Å². The van der Waals surface area contributed by atoms with Crippen molar-refractivity contribution in [2.24, 2.45) is 5.73 Å². The molecule has 0 saturated heterocycles. The summed E-state index contributed by atoms with van der Waals surface area (Å²) in [6.07, 6.45) is 2.09. The predicted octanol–water partition coefficient (Wildman–Crippen LogP) is 2.90. The van der Waals surface area contributed by atoms with Crippen LogP contribution in [0.5, 0.6) is 0 Å². The van der Waals surface area contributed by atoms with Gasteiger partial charge in [-0.15, -0.1) is 0 Å². The summed E-state index contributed by atoms with van der Waals surface area (Å²) in [6, 6.07) is 6.18. The molecule has 1 aliphatic rings. The summed E-state index contributed by atoms with van der Waals surface area (Å²) < 4.78 is 5.48. The van der Waals surface area contributed by atoms with E-state index in [9.17, 15) is 0 Å². The summed E-state index contributed by atoms with van der Waals surface area (Å²) in [5.74, 6) is 0.379. The maximum absolute atomic E-state index is 6.23. The van der Waals surface area contributed by atoms with Crippen molar-refractivity contribution >= 4 is 11.0 Å². The minimum Gasteiger partial charge on any atom is -0.356 e. The van der Waals surface area contributed by atoms with Crippen LogP contribution in [-0.2, 0) is 5.54 Å². The molecule has 1 fully saturated rings. The third-order valence-electron chi connectivity index (χ3n) is 3.40. The highest BCUT2D eigenvalue weighted by Crippen LogP contribution is 2.45. The van der Waals surface area contributed by atoms with E-state index in [1.54, 1.807) is 0 Å². The quantitative estimate of drug-likeness (QED) is 0.839. The Hall–Kier alpha value is -1.35. The van der Waals surface area contributed by atoms with Crippen molar-refractivity contribution in [1.29, 1.82) is 0 Å². The molecular weight excluding hydrogens is 200 g/mol. The van der Waals surface area contributed by atoms with Crippen molar-refractivity contribution in [2.75, 3.05) is 0 Å². The average molecular weight is 216 g/mol. The summed E-state index contributed by atoms with van der Waals surface area (Å²) in [6.45, 7) is 4.25. The highest BCUT2D eigenvalue weighted by Gasteiger charge is 2.42. The second kappa shape index (κ2) is 3.08. The molecule has 0 bridgehead atoms. The van der Waals surface area contributed by atoms with Crippen molar-refractivity contribution in [3.63, 3.8) is 0 Å². The molecule has 0 aliphatic heterocycles. The van der Waals surface area contributed by atoms with Crippen LogP contribution in [0.25, 0.3) is 11.0 Å². The van der Waals surface area contributed by atoms with Crippen molar-refractivity contribution in [2.45, 2.75) is 38.1 Å². The van der Waals surface area contributed by atoms with E-state index in [0.717, 1.165) is 35.1 Å². The van der Waals surface area contributed by atoms with E-state index in [4.69, 9.17) is 10.3 Å². The minimum atomic E-state index is -0.159. The zero-order valence-electron chi connectivity index (χ0n) is 9.66. The molecule has 16 heavy (non-hydrogen) atoms. The zero-order valence-corrected chi connectivity index (χ0v) is 9.66. The van der Waals surface area contributed by atoms with Gasteiger partial charge in [0.15, 0.2) is 5.58 Å². The van der Waals surface area contributed by atoms with Crippen molar-refractivity contribution < 1.29 is 4.52 Å². The summed E-state index contributed by atoms with van der Waals surface area (Å²) in [5, 5.41) is 5.28. The van der Waals surface area contributed by atoms with Gasteiger partial charge in [0.2, 0.25) is 0 Å². The average Bonchev–Trinajstić information content (AvgIpc) is 2.85. The van der Waals surface area contributed by atoms with E-state index in [-0.39, 0.29) is 5.54 Å². The third-order valence-corrected chi connectivity index (χ3v) is 3.40. The molecule has 2 N–H and O–H groups in total. The van der Waals surface area contributed by atoms with E-state index >= 15 is 0 Å². The van der Waals surface area contributed by atoms with E-state index in [1.165, 1.54) is 0 Å². The first-order valence-corrected chi connectivity index (χ1v) is 5.79. The van der Waals surface area contributed by atoms with Gasteiger partial charge in [-0.1, -0.05) is 31.1 Å². The lowest BCUT2D eigenvalue weighted by molar-refractivity contribution is 0.437. The Morgan fingerprint density at radius 1 is 1.38 bits per heavy atom. The van der Waals surface area contributed by atoms with Gasteiger partial charge in [-0.2, -0.15) is 0 Å². The first-order valence-electron chi connectivity index (χ1n) is 5.79. The van der Waals surface area contributed by atoms with Crippen LogP contribution in [0.3, 0.4) is 0 Å². The van der Waals surface area contributed by atoms with E-state index < -0.39 is 0 Å². The van der Waals surface area contributed by atoms with Gasteiger partial charge in [-0.3, -0.25) is 0 Å². The lowest BCUT2D eigenvalue weighted by Gasteiger charge is -2.08. The van der Waals surface area contributed by atoms with Crippen LogP contribution in [-0.4, -0.2) is 5.16 Å². The number of rotatable bonds is 2. The number of fused-ring (bicyclic) bond motifs is 1.